The Morgan fingerprint density at radius 2 is 2.04 bits per heavy atom. The van der Waals surface area contributed by atoms with Crippen LogP contribution in [0.1, 0.15) is 25.5 Å². The van der Waals surface area contributed by atoms with Gasteiger partial charge in [-0.3, -0.25) is 0 Å². The predicted molar refractivity (Wildman–Crippen MR) is 114 cm³/mol. The largest absolute Gasteiger partial charge is 0.357 e. The second kappa shape index (κ2) is 11.6. The van der Waals surface area contributed by atoms with Gasteiger partial charge in [-0.2, -0.15) is 11.8 Å². The number of H-pyrrole nitrogens is 1. The first-order valence-electron chi connectivity index (χ1n) is 7.91. The zero-order valence-corrected chi connectivity index (χ0v) is 17.0. The first-order chi connectivity index (χ1) is 10.8. The molecule has 0 aliphatic heterocycles. The van der Waals surface area contributed by atoms with Gasteiger partial charge in [-0.05, 0) is 49.3 Å². The number of nitrogens with zero attached hydrogens (tertiary/aromatic N) is 1. The number of halogens is 1. The van der Waals surface area contributed by atoms with Crippen molar-refractivity contribution in [1.82, 2.24) is 15.6 Å². The Hall–Kier alpha value is -0.890. The summed E-state index contributed by atoms with van der Waals surface area (Å²) in [5, 5.41) is 7.94. The molecule has 0 unspecified atom stereocenters. The number of hydrogen-bond acceptors (Lipinski definition) is 2. The van der Waals surface area contributed by atoms with Crippen molar-refractivity contribution in [3.63, 3.8) is 0 Å². The molecule has 0 aliphatic carbocycles. The summed E-state index contributed by atoms with van der Waals surface area (Å²) in [4.78, 5) is 8.07. The molecule has 2 aromatic rings. The van der Waals surface area contributed by atoms with E-state index in [-0.39, 0.29) is 24.0 Å². The number of aromatic amines is 1. The minimum Gasteiger partial charge on any atom is -0.357 e. The number of thioether (sulfide) groups is 1. The molecule has 4 nitrogen and oxygen atoms in total. The van der Waals surface area contributed by atoms with Crippen LogP contribution in [0.2, 0.25) is 0 Å². The summed E-state index contributed by atoms with van der Waals surface area (Å²) in [6.45, 7) is 4.60. The van der Waals surface area contributed by atoms with Crippen LogP contribution in [-0.4, -0.2) is 36.0 Å². The van der Waals surface area contributed by atoms with Gasteiger partial charge in [0.15, 0.2) is 5.96 Å². The maximum Gasteiger partial charge on any atom is 0.191 e. The van der Waals surface area contributed by atoms with Gasteiger partial charge in [0.25, 0.3) is 0 Å². The van der Waals surface area contributed by atoms with E-state index in [4.69, 9.17) is 0 Å². The van der Waals surface area contributed by atoms with Gasteiger partial charge in [-0.25, -0.2) is 4.99 Å². The maximum atomic E-state index is 4.65. The van der Waals surface area contributed by atoms with Gasteiger partial charge in [0.1, 0.15) is 0 Å². The molecule has 1 heterocycles. The minimum atomic E-state index is 0. The lowest BCUT2D eigenvalue weighted by Crippen LogP contribution is -2.37. The Bertz CT molecular complexity index is 564. The zero-order chi connectivity index (χ0) is 15.6. The molecule has 0 radical (unpaired) electrons. The maximum absolute atomic E-state index is 4.65. The molecule has 0 atom stereocenters. The molecule has 1 aromatic heterocycles. The number of rotatable bonds is 8. The smallest absolute Gasteiger partial charge is 0.191 e. The van der Waals surface area contributed by atoms with Crippen molar-refractivity contribution >= 4 is 52.6 Å². The van der Waals surface area contributed by atoms with E-state index in [0.29, 0.717) is 6.54 Å². The van der Waals surface area contributed by atoms with Crippen LogP contribution >= 0.6 is 35.7 Å². The molecule has 1 aromatic carbocycles. The lowest BCUT2D eigenvalue weighted by atomic mass is 10.2. The van der Waals surface area contributed by atoms with Gasteiger partial charge in [-0.15, -0.1) is 24.0 Å². The monoisotopic (exact) mass is 446 g/mol. The van der Waals surface area contributed by atoms with E-state index in [2.05, 4.69) is 58.1 Å². The van der Waals surface area contributed by atoms with E-state index in [0.717, 1.165) is 24.7 Å². The van der Waals surface area contributed by atoms with Crippen molar-refractivity contribution in [3.05, 3.63) is 36.0 Å². The lowest BCUT2D eigenvalue weighted by Gasteiger charge is -2.10. The molecular formula is C17H27IN4S. The summed E-state index contributed by atoms with van der Waals surface area (Å²) in [6.07, 6.45) is 4.58. The van der Waals surface area contributed by atoms with Gasteiger partial charge in [-0.1, -0.05) is 18.2 Å². The van der Waals surface area contributed by atoms with Crippen molar-refractivity contribution in [1.29, 1.82) is 0 Å². The van der Waals surface area contributed by atoms with E-state index >= 15 is 0 Å². The number of guanidine groups is 1. The molecule has 0 saturated carbocycles. The topological polar surface area (TPSA) is 52.2 Å². The van der Waals surface area contributed by atoms with Crippen LogP contribution in [-0.2, 0) is 6.54 Å². The molecule has 0 bridgehead atoms. The molecule has 6 heteroatoms. The SMILES string of the molecule is CCNC(=NCc1cc2ccccc2[nH]1)NCCCCSC.I. The van der Waals surface area contributed by atoms with Crippen LogP contribution in [0.3, 0.4) is 0 Å². The molecule has 3 N–H and O–H groups in total. The molecule has 23 heavy (non-hydrogen) atoms. The Balaban J connectivity index is 0.00000264. The van der Waals surface area contributed by atoms with Crippen molar-refractivity contribution in [3.8, 4) is 0 Å². The molecule has 128 valence electrons. The summed E-state index contributed by atoms with van der Waals surface area (Å²) in [7, 11) is 0. The van der Waals surface area contributed by atoms with E-state index in [1.54, 1.807) is 0 Å². The third kappa shape index (κ3) is 7.03. The van der Waals surface area contributed by atoms with E-state index in [1.165, 1.54) is 29.5 Å². The average molecular weight is 446 g/mol. The molecule has 0 aliphatic rings. The fourth-order valence-electron chi connectivity index (χ4n) is 2.30. The number of aromatic nitrogens is 1. The average Bonchev–Trinajstić information content (AvgIpc) is 2.95. The third-order valence-corrected chi connectivity index (χ3v) is 4.10. The predicted octanol–water partition coefficient (Wildman–Crippen LogP) is 3.98. The summed E-state index contributed by atoms with van der Waals surface area (Å²) < 4.78 is 0. The minimum absolute atomic E-state index is 0. The Kier molecular flexibility index (Phi) is 10.2. The second-order valence-corrected chi connectivity index (χ2v) is 6.19. The highest BCUT2D eigenvalue weighted by atomic mass is 127. The molecular weight excluding hydrogens is 419 g/mol. The summed E-state index contributed by atoms with van der Waals surface area (Å²) in [5.74, 6) is 2.12. The standard InChI is InChI=1S/C17H26N4S.HI/c1-3-18-17(19-10-6-7-11-22-2)20-13-15-12-14-8-4-5-9-16(14)21-15;/h4-5,8-9,12,21H,3,6-7,10-11,13H2,1-2H3,(H2,18,19,20);1H. The highest BCUT2D eigenvalue weighted by Crippen LogP contribution is 2.14. The lowest BCUT2D eigenvalue weighted by molar-refractivity contribution is 0.734. The van der Waals surface area contributed by atoms with Gasteiger partial charge in [0.2, 0.25) is 0 Å². The fraction of sp³-hybridized carbons (Fsp3) is 0.471. The number of unbranched alkanes of at least 4 members (excludes halogenated alkanes) is 1. The number of nitrogens with one attached hydrogen (secondary N) is 3. The number of aliphatic imine (C=N–C) groups is 1. The molecule has 0 spiro atoms. The van der Waals surface area contributed by atoms with Crippen LogP contribution in [0.4, 0.5) is 0 Å². The quantitative estimate of drug-likeness (QED) is 0.249. The van der Waals surface area contributed by atoms with E-state index in [9.17, 15) is 0 Å². The van der Waals surface area contributed by atoms with Crippen molar-refractivity contribution in [2.24, 2.45) is 4.99 Å². The Morgan fingerprint density at radius 3 is 2.78 bits per heavy atom. The van der Waals surface area contributed by atoms with Crippen LogP contribution in [0, 0.1) is 0 Å². The first-order valence-corrected chi connectivity index (χ1v) is 9.30. The van der Waals surface area contributed by atoms with Crippen LogP contribution in [0.15, 0.2) is 35.3 Å². The zero-order valence-electron chi connectivity index (χ0n) is 13.9. The molecule has 0 saturated heterocycles. The van der Waals surface area contributed by atoms with Crippen molar-refractivity contribution < 1.29 is 0 Å². The normalized spacial score (nSPS) is 11.3. The molecule has 0 fully saturated rings. The highest BCUT2D eigenvalue weighted by molar-refractivity contribution is 14.0. The summed E-state index contributed by atoms with van der Waals surface area (Å²) in [6, 6.07) is 10.5. The summed E-state index contributed by atoms with van der Waals surface area (Å²) in [5.41, 5.74) is 2.31. The molecule has 2 rings (SSSR count). The fourth-order valence-corrected chi connectivity index (χ4v) is 2.80. The van der Waals surface area contributed by atoms with E-state index < -0.39 is 0 Å². The van der Waals surface area contributed by atoms with Crippen LogP contribution < -0.4 is 10.6 Å². The number of hydrogen-bond donors (Lipinski definition) is 3. The molecule has 0 amide bonds. The Labute approximate surface area is 160 Å². The van der Waals surface area contributed by atoms with Gasteiger partial charge in [0.05, 0.1) is 6.54 Å². The van der Waals surface area contributed by atoms with Crippen molar-refractivity contribution in [2.45, 2.75) is 26.3 Å². The van der Waals surface area contributed by atoms with Gasteiger partial charge >= 0.3 is 0 Å². The second-order valence-electron chi connectivity index (χ2n) is 5.20. The van der Waals surface area contributed by atoms with Crippen LogP contribution in [0.25, 0.3) is 10.9 Å². The first kappa shape index (κ1) is 20.2. The number of benzene rings is 1. The third-order valence-electron chi connectivity index (χ3n) is 3.41. The summed E-state index contributed by atoms with van der Waals surface area (Å²) >= 11 is 1.90. The Morgan fingerprint density at radius 1 is 1.22 bits per heavy atom. The number of fused-ring (bicyclic) bond motifs is 1. The van der Waals surface area contributed by atoms with Crippen LogP contribution in [0.5, 0.6) is 0 Å². The van der Waals surface area contributed by atoms with Gasteiger partial charge in [0, 0.05) is 24.3 Å². The van der Waals surface area contributed by atoms with Crippen molar-refractivity contribution in [2.75, 3.05) is 25.1 Å². The van der Waals surface area contributed by atoms with E-state index in [1.807, 2.05) is 17.8 Å². The highest BCUT2D eigenvalue weighted by Gasteiger charge is 2.01. The number of para-hydroxylation sites is 1. The van der Waals surface area contributed by atoms with Gasteiger partial charge < -0.3 is 15.6 Å².